The number of nitrogens with one attached hydrogen (secondary N) is 2. The largest absolute Gasteiger partial charge is 0.388 e. The van der Waals surface area contributed by atoms with Gasteiger partial charge in [0, 0.05) is 18.3 Å². The van der Waals surface area contributed by atoms with Crippen LogP contribution in [-0.4, -0.2) is 32.6 Å². The Hall–Kier alpha value is -2.70. The molecule has 0 spiro atoms. The Bertz CT molecular complexity index is 628. The predicted octanol–water partition coefficient (Wildman–Crippen LogP) is 1.56. The van der Waals surface area contributed by atoms with Crippen LogP contribution >= 0.6 is 0 Å². The summed E-state index contributed by atoms with van der Waals surface area (Å²) in [6.07, 6.45) is 1.54. The van der Waals surface area contributed by atoms with Crippen LogP contribution in [0.15, 0.2) is 35.0 Å². The maximum absolute atomic E-state index is 5.18. The Morgan fingerprint density at radius 2 is 2.06 bits per heavy atom. The van der Waals surface area contributed by atoms with Crippen molar-refractivity contribution >= 4 is 5.69 Å². The van der Waals surface area contributed by atoms with Crippen molar-refractivity contribution in [2.45, 2.75) is 0 Å². The monoisotopic (exact) mass is 242 g/mol. The molecule has 7 nitrogen and oxygen atoms in total. The molecule has 0 saturated carbocycles. The van der Waals surface area contributed by atoms with Gasteiger partial charge in [-0.15, -0.1) is 0 Å². The molecule has 3 aromatic rings. The van der Waals surface area contributed by atoms with Crippen LogP contribution in [0.5, 0.6) is 0 Å². The van der Waals surface area contributed by atoms with E-state index in [0.29, 0.717) is 17.4 Å². The van der Waals surface area contributed by atoms with Crippen molar-refractivity contribution in [3.63, 3.8) is 0 Å². The summed E-state index contributed by atoms with van der Waals surface area (Å²) in [6.45, 7) is 0. The van der Waals surface area contributed by atoms with Crippen LogP contribution in [0.25, 0.3) is 23.0 Å². The van der Waals surface area contributed by atoms with Crippen molar-refractivity contribution in [2.75, 3.05) is 12.4 Å². The first-order valence-corrected chi connectivity index (χ1v) is 5.35. The normalized spacial score (nSPS) is 10.5. The highest BCUT2D eigenvalue weighted by Gasteiger charge is 2.12. The molecular weight excluding hydrogens is 232 g/mol. The summed E-state index contributed by atoms with van der Waals surface area (Å²) in [6, 6.07) is 7.70. The highest BCUT2D eigenvalue weighted by Crippen LogP contribution is 2.21. The van der Waals surface area contributed by atoms with Crippen LogP contribution in [0.3, 0.4) is 0 Å². The molecule has 0 aliphatic rings. The second-order valence-electron chi connectivity index (χ2n) is 3.61. The van der Waals surface area contributed by atoms with Crippen molar-refractivity contribution in [3.05, 3.63) is 30.5 Å². The van der Waals surface area contributed by atoms with Crippen molar-refractivity contribution < 1.29 is 4.52 Å². The van der Waals surface area contributed by atoms with Crippen LogP contribution < -0.4 is 5.32 Å². The SMILES string of the molecule is CNc1ccc(-c2nc(-c3cn[nH]n3)no2)cc1. The highest BCUT2D eigenvalue weighted by molar-refractivity contribution is 5.60. The van der Waals surface area contributed by atoms with E-state index in [-0.39, 0.29) is 0 Å². The Morgan fingerprint density at radius 1 is 1.22 bits per heavy atom. The molecule has 2 N–H and O–H groups in total. The summed E-state index contributed by atoms with van der Waals surface area (Å²) in [5.74, 6) is 0.868. The first kappa shape index (κ1) is 10.5. The van der Waals surface area contributed by atoms with Gasteiger partial charge in [-0.25, -0.2) is 0 Å². The Labute approximate surface area is 102 Å². The summed E-state index contributed by atoms with van der Waals surface area (Å²) < 4.78 is 5.18. The minimum absolute atomic E-state index is 0.413. The van der Waals surface area contributed by atoms with E-state index in [1.807, 2.05) is 31.3 Å². The number of anilines is 1. The van der Waals surface area contributed by atoms with E-state index in [0.717, 1.165) is 11.3 Å². The third-order valence-electron chi connectivity index (χ3n) is 2.49. The van der Waals surface area contributed by atoms with Gasteiger partial charge < -0.3 is 9.84 Å². The van der Waals surface area contributed by atoms with E-state index in [2.05, 4.69) is 30.9 Å². The third kappa shape index (κ3) is 1.81. The van der Waals surface area contributed by atoms with Gasteiger partial charge in [-0.3, -0.25) is 0 Å². The number of rotatable bonds is 3. The first-order valence-electron chi connectivity index (χ1n) is 5.35. The topological polar surface area (TPSA) is 92.5 Å². The van der Waals surface area contributed by atoms with Gasteiger partial charge in [0.05, 0.1) is 6.20 Å². The van der Waals surface area contributed by atoms with E-state index < -0.39 is 0 Å². The first-order chi connectivity index (χ1) is 8.86. The Kier molecular flexibility index (Phi) is 2.49. The smallest absolute Gasteiger partial charge is 0.258 e. The molecule has 0 aliphatic carbocycles. The standard InChI is InChI=1S/C11H10N6O/c1-12-8-4-2-7(3-5-8)11-14-10(16-18-11)9-6-13-17-15-9/h2-6,12H,1H3,(H,13,15,17). The second-order valence-corrected chi connectivity index (χ2v) is 3.61. The number of H-pyrrole nitrogens is 1. The zero-order valence-electron chi connectivity index (χ0n) is 9.58. The van der Waals surface area contributed by atoms with Gasteiger partial charge in [0.25, 0.3) is 5.89 Å². The maximum atomic E-state index is 5.18. The minimum Gasteiger partial charge on any atom is -0.388 e. The molecule has 3 rings (SSSR count). The fourth-order valence-corrected chi connectivity index (χ4v) is 1.53. The lowest BCUT2D eigenvalue weighted by Crippen LogP contribution is -1.87. The summed E-state index contributed by atoms with van der Waals surface area (Å²) in [5.41, 5.74) is 2.43. The molecule has 2 heterocycles. The molecule has 0 fully saturated rings. The van der Waals surface area contributed by atoms with Crippen molar-refractivity contribution in [1.82, 2.24) is 25.6 Å². The van der Waals surface area contributed by atoms with Crippen LogP contribution in [-0.2, 0) is 0 Å². The van der Waals surface area contributed by atoms with Gasteiger partial charge in [0.15, 0.2) is 5.69 Å². The van der Waals surface area contributed by atoms with Gasteiger partial charge in [0.1, 0.15) is 0 Å². The lowest BCUT2D eigenvalue weighted by Gasteiger charge is -1.99. The zero-order chi connectivity index (χ0) is 12.4. The average molecular weight is 242 g/mol. The summed E-state index contributed by atoms with van der Waals surface area (Å²) in [7, 11) is 1.87. The van der Waals surface area contributed by atoms with Crippen LogP contribution in [0, 0.1) is 0 Å². The maximum Gasteiger partial charge on any atom is 0.258 e. The molecule has 0 radical (unpaired) electrons. The molecule has 0 saturated heterocycles. The number of hydrogen-bond acceptors (Lipinski definition) is 6. The van der Waals surface area contributed by atoms with Crippen molar-refractivity contribution in [3.8, 4) is 23.0 Å². The van der Waals surface area contributed by atoms with Crippen LogP contribution in [0.1, 0.15) is 0 Å². The van der Waals surface area contributed by atoms with Gasteiger partial charge in [0.2, 0.25) is 5.82 Å². The molecule has 0 unspecified atom stereocenters. The average Bonchev–Trinajstić information content (AvgIpc) is 3.09. The second kappa shape index (κ2) is 4.28. The van der Waals surface area contributed by atoms with E-state index in [1.165, 1.54) is 0 Å². The molecule has 0 amide bonds. The highest BCUT2D eigenvalue weighted by atomic mass is 16.5. The number of aromatic nitrogens is 5. The zero-order valence-corrected chi connectivity index (χ0v) is 9.58. The molecule has 0 atom stereocenters. The quantitative estimate of drug-likeness (QED) is 0.724. The molecule has 18 heavy (non-hydrogen) atoms. The molecule has 1 aromatic carbocycles. The van der Waals surface area contributed by atoms with Gasteiger partial charge in [-0.1, -0.05) is 5.16 Å². The van der Waals surface area contributed by atoms with E-state index >= 15 is 0 Å². The molecule has 2 aromatic heterocycles. The number of hydrogen-bond donors (Lipinski definition) is 2. The van der Waals surface area contributed by atoms with Crippen molar-refractivity contribution in [2.24, 2.45) is 0 Å². The molecule has 7 heteroatoms. The van der Waals surface area contributed by atoms with Crippen LogP contribution in [0.2, 0.25) is 0 Å². The lowest BCUT2D eigenvalue weighted by molar-refractivity contribution is 0.432. The van der Waals surface area contributed by atoms with E-state index in [1.54, 1.807) is 6.20 Å². The number of aromatic amines is 1. The molecule has 0 aliphatic heterocycles. The minimum atomic E-state index is 0.413. The van der Waals surface area contributed by atoms with E-state index in [4.69, 9.17) is 4.52 Å². The Morgan fingerprint density at radius 3 is 2.72 bits per heavy atom. The number of nitrogens with zero attached hydrogens (tertiary/aromatic N) is 4. The fourth-order valence-electron chi connectivity index (χ4n) is 1.53. The molecular formula is C11H10N6O. The predicted molar refractivity (Wildman–Crippen MR) is 64.7 cm³/mol. The van der Waals surface area contributed by atoms with Gasteiger partial charge in [-0.05, 0) is 24.3 Å². The van der Waals surface area contributed by atoms with Crippen molar-refractivity contribution in [1.29, 1.82) is 0 Å². The van der Waals surface area contributed by atoms with Crippen LogP contribution in [0.4, 0.5) is 5.69 Å². The van der Waals surface area contributed by atoms with E-state index in [9.17, 15) is 0 Å². The fraction of sp³-hybridized carbons (Fsp3) is 0.0909. The lowest BCUT2D eigenvalue weighted by atomic mass is 10.2. The van der Waals surface area contributed by atoms with Gasteiger partial charge in [-0.2, -0.15) is 20.4 Å². The third-order valence-corrected chi connectivity index (χ3v) is 2.49. The molecule has 90 valence electrons. The number of benzene rings is 1. The Balaban J connectivity index is 1.92. The van der Waals surface area contributed by atoms with Gasteiger partial charge >= 0.3 is 0 Å². The molecule has 0 bridgehead atoms. The summed E-state index contributed by atoms with van der Waals surface area (Å²) >= 11 is 0. The summed E-state index contributed by atoms with van der Waals surface area (Å²) in [5, 5.41) is 17.0. The summed E-state index contributed by atoms with van der Waals surface area (Å²) in [4.78, 5) is 4.26.